The summed E-state index contributed by atoms with van der Waals surface area (Å²) >= 11 is 0. The minimum absolute atomic E-state index is 0.0727. The van der Waals surface area contributed by atoms with Crippen molar-refractivity contribution < 1.29 is 27.5 Å². The zero-order valence-electron chi connectivity index (χ0n) is 14.9. The number of halogens is 3. The van der Waals surface area contributed by atoms with Gasteiger partial charge in [-0.1, -0.05) is 0 Å². The van der Waals surface area contributed by atoms with Crippen LogP contribution in [0.15, 0.2) is 0 Å². The van der Waals surface area contributed by atoms with Crippen LogP contribution in [0.3, 0.4) is 0 Å². The Morgan fingerprint density at radius 3 is 1.88 bits per heavy atom. The Morgan fingerprint density at radius 1 is 1.04 bits per heavy atom. The highest BCUT2D eigenvalue weighted by Gasteiger charge is 2.63. The summed E-state index contributed by atoms with van der Waals surface area (Å²) in [5.41, 5.74) is -2.82. The van der Waals surface area contributed by atoms with E-state index in [-0.39, 0.29) is 11.8 Å². The van der Waals surface area contributed by atoms with Gasteiger partial charge in [0.25, 0.3) is 0 Å². The first-order valence-electron chi connectivity index (χ1n) is 7.99. The Balaban J connectivity index is 1.94. The number of likely N-dealkylation sites (tertiary alicyclic amines) is 1. The van der Waals surface area contributed by atoms with Gasteiger partial charge in [0.15, 0.2) is 0 Å². The third-order valence-electron chi connectivity index (χ3n) is 4.99. The quantitative estimate of drug-likeness (QED) is 0.769. The predicted molar refractivity (Wildman–Crippen MR) is 81.2 cm³/mol. The standard InChI is InChI=1S/C16H25F3N2O3/c1-14(2,3)24-13(23)21-7-9-10(8-21)11(9)12(22)20(6)15(4,5)16(17,18)19/h9-11H,7-8H2,1-6H3/t9-,10+,11?. The molecule has 1 aliphatic heterocycles. The molecule has 1 saturated heterocycles. The summed E-state index contributed by atoms with van der Waals surface area (Å²) < 4.78 is 44.5. The molecule has 1 saturated carbocycles. The van der Waals surface area contributed by atoms with E-state index in [1.54, 1.807) is 20.8 Å². The summed E-state index contributed by atoms with van der Waals surface area (Å²) in [6, 6.07) is 0. The molecule has 2 aliphatic rings. The molecule has 0 aromatic carbocycles. The lowest BCUT2D eigenvalue weighted by atomic mass is 10.0. The number of alkyl halides is 3. The maximum Gasteiger partial charge on any atom is 0.411 e. The summed E-state index contributed by atoms with van der Waals surface area (Å²) in [7, 11) is 1.19. The van der Waals surface area contributed by atoms with E-state index in [0.717, 1.165) is 18.7 Å². The minimum Gasteiger partial charge on any atom is -0.444 e. The molecule has 138 valence electrons. The number of hydrogen-bond acceptors (Lipinski definition) is 3. The fourth-order valence-electron chi connectivity index (χ4n) is 3.06. The van der Waals surface area contributed by atoms with Crippen molar-refractivity contribution in [3.63, 3.8) is 0 Å². The Bertz CT molecular complexity index is 528. The molecular weight excluding hydrogens is 325 g/mol. The van der Waals surface area contributed by atoms with E-state index in [4.69, 9.17) is 4.74 Å². The van der Waals surface area contributed by atoms with Crippen LogP contribution in [0.4, 0.5) is 18.0 Å². The maximum atomic E-state index is 13.1. The van der Waals surface area contributed by atoms with E-state index >= 15 is 0 Å². The summed E-state index contributed by atoms with van der Waals surface area (Å²) in [6.45, 7) is 8.01. The van der Waals surface area contributed by atoms with Crippen molar-refractivity contribution >= 4 is 12.0 Å². The largest absolute Gasteiger partial charge is 0.444 e. The first-order valence-corrected chi connectivity index (χ1v) is 7.99. The lowest BCUT2D eigenvalue weighted by molar-refractivity contribution is -0.218. The van der Waals surface area contributed by atoms with E-state index < -0.39 is 35.2 Å². The molecule has 2 rings (SSSR count). The summed E-state index contributed by atoms with van der Waals surface area (Å²) in [4.78, 5) is 26.7. The summed E-state index contributed by atoms with van der Waals surface area (Å²) in [5, 5.41) is 0. The summed E-state index contributed by atoms with van der Waals surface area (Å²) in [6.07, 6.45) is -4.94. The Kier molecular flexibility index (Phi) is 4.34. The van der Waals surface area contributed by atoms with Crippen LogP contribution in [-0.4, -0.2) is 59.3 Å². The Hall–Kier alpha value is -1.47. The van der Waals surface area contributed by atoms with Crippen LogP contribution in [0.1, 0.15) is 34.6 Å². The third kappa shape index (κ3) is 3.32. The second kappa shape index (κ2) is 5.52. The normalized spacial score (nSPS) is 26.9. The van der Waals surface area contributed by atoms with Crippen molar-refractivity contribution in [1.82, 2.24) is 9.80 Å². The van der Waals surface area contributed by atoms with E-state index in [0.29, 0.717) is 13.1 Å². The van der Waals surface area contributed by atoms with Crippen LogP contribution in [0, 0.1) is 17.8 Å². The molecule has 1 heterocycles. The van der Waals surface area contributed by atoms with E-state index in [9.17, 15) is 22.8 Å². The molecular formula is C16H25F3N2O3. The van der Waals surface area contributed by atoms with Crippen LogP contribution in [0.2, 0.25) is 0 Å². The number of piperidine rings is 1. The highest BCUT2D eigenvalue weighted by atomic mass is 19.4. The number of carbonyl (C=O) groups excluding carboxylic acids is 2. The lowest BCUT2D eigenvalue weighted by Crippen LogP contribution is -2.56. The van der Waals surface area contributed by atoms with Gasteiger partial charge >= 0.3 is 12.3 Å². The Morgan fingerprint density at radius 2 is 1.50 bits per heavy atom. The predicted octanol–water partition coefficient (Wildman–Crippen LogP) is 2.90. The first kappa shape index (κ1) is 18.9. The molecule has 0 aromatic heterocycles. The van der Waals surface area contributed by atoms with Crippen LogP contribution in [0.5, 0.6) is 0 Å². The highest BCUT2D eigenvalue weighted by molar-refractivity contribution is 5.84. The molecule has 3 atom stereocenters. The minimum atomic E-state index is -4.50. The van der Waals surface area contributed by atoms with Crippen molar-refractivity contribution in [2.75, 3.05) is 20.1 Å². The fraction of sp³-hybridized carbons (Fsp3) is 0.875. The van der Waals surface area contributed by atoms with E-state index in [2.05, 4.69) is 0 Å². The third-order valence-corrected chi connectivity index (χ3v) is 4.99. The topological polar surface area (TPSA) is 49.9 Å². The van der Waals surface area contributed by atoms with Crippen molar-refractivity contribution in [3.05, 3.63) is 0 Å². The van der Waals surface area contributed by atoms with Gasteiger partial charge in [0.2, 0.25) is 5.91 Å². The van der Waals surface area contributed by atoms with Gasteiger partial charge in [0.05, 0.1) is 0 Å². The molecule has 1 unspecified atom stereocenters. The SMILES string of the molecule is CN(C(=O)C1[C@H]2CN(C(=O)OC(C)(C)C)C[C@@H]12)C(C)(C)C(F)(F)F. The van der Waals surface area contributed by atoms with Crippen LogP contribution < -0.4 is 0 Å². The molecule has 2 fully saturated rings. The number of rotatable bonds is 2. The molecule has 8 heteroatoms. The average molecular weight is 350 g/mol. The molecule has 0 radical (unpaired) electrons. The van der Waals surface area contributed by atoms with Gasteiger partial charge in [-0.25, -0.2) is 4.79 Å². The van der Waals surface area contributed by atoms with Crippen molar-refractivity contribution in [2.45, 2.75) is 51.9 Å². The van der Waals surface area contributed by atoms with E-state index in [1.807, 2.05) is 0 Å². The van der Waals surface area contributed by atoms with E-state index in [1.165, 1.54) is 11.9 Å². The monoisotopic (exact) mass is 350 g/mol. The van der Waals surface area contributed by atoms with Gasteiger partial charge in [0.1, 0.15) is 11.1 Å². The molecule has 0 aromatic rings. The highest BCUT2D eigenvalue weighted by Crippen LogP contribution is 2.53. The number of hydrogen-bond donors (Lipinski definition) is 0. The number of ether oxygens (including phenoxy) is 1. The lowest BCUT2D eigenvalue weighted by Gasteiger charge is -2.37. The fourth-order valence-corrected chi connectivity index (χ4v) is 3.06. The van der Waals surface area contributed by atoms with Crippen molar-refractivity contribution in [2.24, 2.45) is 17.8 Å². The smallest absolute Gasteiger partial charge is 0.411 e. The second-order valence-corrected chi connectivity index (χ2v) is 8.19. The molecule has 2 amide bonds. The first-order chi connectivity index (χ1) is 10.7. The number of nitrogens with zero attached hydrogens (tertiary/aromatic N) is 2. The molecule has 24 heavy (non-hydrogen) atoms. The van der Waals surface area contributed by atoms with Gasteiger partial charge < -0.3 is 14.5 Å². The van der Waals surface area contributed by atoms with Gasteiger partial charge in [-0.05, 0) is 46.5 Å². The van der Waals surface area contributed by atoms with Crippen molar-refractivity contribution in [1.29, 1.82) is 0 Å². The van der Waals surface area contributed by atoms with Crippen LogP contribution >= 0.6 is 0 Å². The second-order valence-electron chi connectivity index (χ2n) is 8.19. The maximum absolute atomic E-state index is 13.1. The van der Waals surface area contributed by atoms with Crippen LogP contribution in [0.25, 0.3) is 0 Å². The average Bonchev–Trinajstić information content (AvgIpc) is 2.87. The van der Waals surface area contributed by atoms with Gasteiger partial charge in [-0.2, -0.15) is 13.2 Å². The number of amides is 2. The van der Waals surface area contributed by atoms with Gasteiger partial charge in [-0.15, -0.1) is 0 Å². The van der Waals surface area contributed by atoms with Gasteiger partial charge in [-0.3, -0.25) is 4.79 Å². The van der Waals surface area contributed by atoms with Gasteiger partial charge in [0, 0.05) is 26.1 Å². The van der Waals surface area contributed by atoms with Crippen molar-refractivity contribution in [3.8, 4) is 0 Å². The summed E-state index contributed by atoms with van der Waals surface area (Å²) in [5.74, 6) is -1.08. The zero-order valence-corrected chi connectivity index (χ0v) is 14.9. The number of carbonyl (C=O) groups is 2. The molecule has 5 nitrogen and oxygen atoms in total. The molecule has 0 spiro atoms. The molecule has 1 aliphatic carbocycles. The molecule has 0 bridgehead atoms. The number of fused-ring (bicyclic) bond motifs is 1. The Labute approximate surface area is 140 Å². The zero-order chi connectivity index (χ0) is 18.7. The molecule has 0 N–H and O–H groups in total. The van der Waals surface area contributed by atoms with Crippen LogP contribution in [-0.2, 0) is 9.53 Å².